The summed E-state index contributed by atoms with van der Waals surface area (Å²) in [5, 5.41) is 12.6. The fourth-order valence-corrected chi connectivity index (χ4v) is 9.30. The Balaban J connectivity index is 1.31. The predicted molar refractivity (Wildman–Crippen MR) is 293 cm³/mol. The summed E-state index contributed by atoms with van der Waals surface area (Å²) in [5.74, 6) is 0.724. The van der Waals surface area contributed by atoms with Gasteiger partial charge in [0.15, 0.2) is 0 Å². The summed E-state index contributed by atoms with van der Waals surface area (Å²) in [6.07, 6.45) is 1.89. The number of aromatic nitrogens is 3. The van der Waals surface area contributed by atoms with Crippen molar-refractivity contribution in [3.8, 4) is 78.6 Å². The van der Waals surface area contributed by atoms with Gasteiger partial charge in [0.1, 0.15) is 11.6 Å². The summed E-state index contributed by atoms with van der Waals surface area (Å²) in [5.41, 5.74) is 16.3. The van der Waals surface area contributed by atoms with Crippen LogP contribution in [0.25, 0.3) is 83.9 Å². The summed E-state index contributed by atoms with van der Waals surface area (Å²) in [6, 6.07) is 54.5. The molecule has 0 fully saturated rings. The third kappa shape index (κ3) is 9.42. The Bertz CT molecular complexity index is 3460. The summed E-state index contributed by atoms with van der Waals surface area (Å²) >= 11 is 0. The van der Waals surface area contributed by atoms with Crippen LogP contribution in [0.3, 0.4) is 0 Å². The standard InChI is InChI=1S/C65H67N3O/c1-41-22-31-57(53(34-41)45-27-29-49(30-28-45)62(2,3)4)68-58-21-17-20-52(59(58)67-61(68)54-39-51(64(8,9)10)40-55(60(54)69)65(11,12)13)47-35-48(37-50(36-47)63(5,6)7)56-38-46(32-33-66-56)44-25-23-43(24-26-44)42-18-15-14-16-19-42/h14-40,69H,1-13H3/i1D3. The van der Waals surface area contributed by atoms with Crippen LogP contribution < -0.4 is 0 Å². The van der Waals surface area contributed by atoms with Gasteiger partial charge in [-0.15, -0.1) is 0 Å². The van der Waals surface area contributed by atoms with Crippen LogP contribution in [0, 0.1) is 6.85 Å². The Kier molecular flexibility index (Phi) is 11.0. The minimum atomic E-state index is -2.34. The van der Waals surface area contributed by atoms with E-state index in [9.17, 15) is 5.11 Å². The number of hydrogen-bond acceptors (Lipinski definition) is 3. The SMILES string of the molecule is [2H]C([2H])([2H])c1ccc(-n2c(-c3cc(C(C)(C)C)cc(C(C)(C)C)c3O)nc3c(-c4cc(-c5cc(-c6ccc(-c7ccccc7)cc6)ccn5)cc(C(C)(C)C)c4)cccc32)c(-c2ccc(C(C)(C)C)cc2)c1. The molecule has 0 unspecified atom stereocenters. The Labute approximate surface area is 415 Å². The minimum Gasteiger partial charge on any atom is -0.507 e. The number of imidazole rings is 1. The molecule has 7 aromatic carbocycles. The molecular formula is C65H67N3O. The molecule has 0 bridgehead atoms. The van der Waals surface area contributed by atoms with E-state index in [0.717, 1.165) is 78.0 Å². The van der Waals surface area contributed by atoms with Crippen molar-refractivity contribution in [1.29, 1.82) is 0 Å². The van der Waals surface area contributed by atoms with E-state index < -0.39 is 12.3 Å². The van der Waals surface area contributed by atoms with Gasteiger partial charge in [-0.2, -0.15) is 0 Å². The molecule has 0 atom stereocenters. The van der Waals surface area contributed by atoms with Crippen LogP contribution in [-0.2, 0) is 21.7 Å². The Morgan fingerprint density at radius 1 is 0.449 bits per heavy atom. The van der Waals surface area contributed by atoms with Gasteiger partial charge in [-0.1, -0.05) is 198 Å². The van der Waals surface area contributed by atoms with Gasteiger partial charge in [-0.25, -0.2) is 4.98 Å². The molecule has 0 radical (unpaired) electrons. The number of para-hydroxylation sites is 1. The van der Waals surface area contributed by atoms with Crippen LogP contribution in [0.4, 0.5) is 0 Å². The van der Waals surface area contributed by atoms with E-state index in [0.29, 0.717) is 11.4 Å². The number of pyridine rings is 1. The molecule has 69 heavy (non-hydrogen) atoms. The molecule has 0 aliphatic rings. The minimum absolute atomic E-state index is 0.0789. The van der Waals surface area contributed by atoms with E-state index in [-0.39, 0.29) is 27.6 Å². The van der Waals surface area contributed by atoms with Crippen LogP contribution in [0.1, 0.15) is 115 Å². The number of nitrogens with zero attached hydrogens (tertiary/aromatic N) is 3. The van der Waals surface area contributed by atoms with Crippen molar-refractivity contribution in [3.05, 3.63) is 192 Å². The highest BCUT2D eigenvalue weighted by Crippen LogP contribution is 2.46. The smallest absolute Gasteiger partial charge is 0.149 e. The summed E-state index contributed by atoms with van der Waals surface area (Å²) in [6.45, 7) is 23.9. The van der Waals surface area contributed by atoms with Gasteiger partial charge in [-0.05, 0) is 127 Å². The first-order valence-electron chi connectivity index (χ1n) is 25.7. The lowest BCUT2D eigenvalue weighted by Crippen LogP contribution is -2.17. The number of rotatable bonds is 7. The van der Waals surface area contributed by atoms with E-state index in [1.807, 2.05) is 18.3 Å². The van der Waals surface area contributed by atoms with Crippen molar-refractivity contribution in [2.45, 2.75) is 112 Å². The number of phenols is 1. The van der Waals surface area contributed by atoms with E-state index >= 15 is 0 Å². The second-order valence-electron chi connectivity index (χ2n) is 22.8. The van der Waals surface area contributed by atoms with Crippen molar-refractivity contribution in [3.63, 3.8) is 0 Å². The van der Waals surface area contributed by atoms with E-state index in [4.69, 9.17) is 14.1 Å². The van der Waals surface area contributed by atoms with Crippen LogP contribution in [0.15, 0.2) is 164 Å². The lowest BCUT2D eigenvalue weighted by atomic mass is 9.79. The van der Waals surface area contributed by atoms with Gasteiger partial charge >= 0.3 is 0 Å². The largest absolute Gasteiger partial charge is 0.507 e. The van der Waals surface area contributed by atoms with Crippen molar-refractivity contribution >= 4 is 11.0 Å². The molecule has 2 aromatic heterocycles. The highest BCUT2D eigenvalue weighted by molar-refractivity contribution is 5.98. The molecule has 348 valence electrons. The third-order valence-electron chi connectivity index (χ3n) is 13.5. The van der Waals surface area contributed by atoms with Crippen molar-refractivity contribution in [2.24, 2.45) is 0 Å². The summed E-state index contributed by atoms with van der Waals surface area (Å²) in [4.78, 5) is 10.6. The zero-order valence-electron chi connectivity index (χ0n) is 45.4. The molecule has 9 aromatic rings. The molecular weight excluding hydrogens is 839 g/mol. The number of benzene rings is 7. The Hall–Kier alpha value is -7.04. The van der Waals surface area contributed by atoms with Crippen LogP contribution in [0.2, 0.25) is 0 Å². The summed E-state index contributed by atoms with van der Waals surface area (Å²) < 4.78 is 27.7. The molecule has 0 saturated heterocycles. The van der Waals surface area contributed by atoms with Gasteiger partial charge < -0.3 is 5.11 Å². The molecule has 9 rings (SSSR count). The second-order valence-corrected chi connectivity index (χ2v) is 22.8. The van der Waals surface area contributed by atoms with Gasteiger partial charge in [-0.3, -0.25) is 9.55 Å². The van der Waals surface area contributed by atoms with Crippen molar-refractivity contribution < 1.29 is 9.22 Å². The maximum atomic E-state index is 12.6. The molecule has 4 heteroatoms. The first-order chi connectivity index (χ1) is 33.8. The molecule has 2 heterocycles. The first kappa shape index (κ1) is 43.3. The van der Waals surface area contributed by atoms with E-state index in [1.54, 1.807) is 12.1 Å². The quantitative estimate of drug-likeness (QED) is 0.173. The fraction of sp³-hybridized carbons (Fsp3) is 0.262. The predicted octanol–water partition coefficient (Wildman–Crippen LogP) is 17.6. The first-order valence-corrected chi connectivity index (χ1v) is 24.2. The van der Waals surface area contributed by atoms with Gasteiger partial charge in [0.05, 0.1) is 28.0 Å². The van der Waals surface area contributed by atoms with E-state index in [2.05, 4.69) is 221 Å². The lowest BCUT2D eigenvalue weighted by Gasteiger charge is -2.27. The maximum absolute atomic E-state index is 12.6. The van der Waals surface area contributed by atoms with Gasteiger partial charge in [0, 0.05) is 32.6 Å². The molecule has 0 aliphatic heterocycles. The monoisotopic (exact) mass is 909 g/mol. The van der Waals surface area contributed by atoms with Crippen molar-refractivity contribution in [2.75, 3.05) is 0 Å². The van der Waals surface area contributed by atoms with Crippen LogP contribution >= 0.6 is 0 Å². The highest BCUT2D eigenvalue weighted by Gasteiger charge is 2.30. The highest BCUT2D eigenvalue weighted by atomic mass is 16.3. The Morgan fingerprint density at radius 2 is 1.06 bits per heavy atom. The normalized spacial score (nSPS) is 13.3. The number of phenolic OH excluding ortho intramolecular Hbond substituents is 1. The van der Waals surface area contributed by atoms with Crippen LogP contribution in [0.5, 0.6) is 5.75 Å². The fourth-order valence-electron chi connectivity index (χ4n) is 9.30. The average Bonchev–Trinajstić information content (AvgIpc) is 3.72. The zero-order valence-corrected chi connectivity index (χ0v) is 42.4. The molecule has 4 nitrogen and oxygen atoms in total. The number of hydrogen-bond donors (Lipinski definition) is 1. The number of aromatic hydroxyl groups is 1. The molecule has 0 amide bonds. The van der Waals surface area contributed by atoms with Gasteiger partial charge in [0.25, 0.3) is 0 Å². The number of aryl methyl sites for hydroxylation is 1. The number of fused-ring (bicyclic) bond motifs is 1. The summed E-state index contributed by atoms with van der Waals surface area (Å²) in [7, 11) is 0. The molecule has 0 saturated carbocycles. The van der Waals surface area contributed by atoms with Crippen LogP contribution in [-0.4, -0.2) is 19.6 Å². The molecule has 1 N–H and O–H groups in total. The second kappa shape index (κ2) is 17.5. The van der Waals surface area contributed by atoms with Gasteiger partial charge in [0.2, 0.25) is 0 Å². The zero-order chi connectivity index (χ0) is 51.7. The average molecular weight is 909 g/mol. The molecule has 0 aliphatic carbocycles. The Morgan fingerprint density at radius 3 is 1.70 bits per heavy atom. The third-order valence-corrected chi connectivity index (χ3v) is 13.5. The topological polar surface area (TPSA) is 50.9 Å². The lowest BCUT2D eigenvalue weighted by molar-refractivity contribution is 0.446. The van der Waals surface area contributed by atoms with E-state index in [1.165, 1.54) is 16.7 Å². The maximum Gasteiger partial charge on any atom is 0.149 e. The molecule has 0 spiro atoms. The van der Waals surface area contributed by atoms with Crippen molar-refractivity contribution in [1.82, 2.24) is 14.5 Å².